The highest BCUT2D eigenvalue weighted by atomic mass is 35.5. The fourth-order valence-electron chi connectivity index (χ4n) is 2.74. The van der Waals surface area contributed by atoms with Crippen LogP contribution in [0, 0.1) is 6.92 Å². The van der Waals surface area contributed by atoms with Crippen LogP contribution in [0.1, 0.15) is 18.4 Å². The highest BCUT2D eigenvalue weighted by Crippen LogP contribution is 2.41. The molecule has 1 atom stereocenters. The van der Waals surface area contributed by atoms with E-state index in [2.05, 4.69) is 15.0 Å². The zero-order chi connectivity index (χ0) is 22.0. The third kappa shape index (κ3) is 4.38. The second-order valence-corrected chi connectivity index (χ2v) is 7.14. The number of hydrogen-bond donors (Lipinski definition) is 1. The normalized spacial score (nSPS) is 12.0. The molecule has 0 fully saturated rings. The van der Waals surface area contributed by atoms with Gasteiger partial charge in [-0.2, -0.15) is 5.10 Å². The number of methoxy groups -OCH3 is 1. The third-order valence-corrected chi connectivity index (χ3v) is 4.76. The molecule has 0 aliphatic rings. The van der Waals surface area contributed by atoms with Gasteiger partial charge in [-0.15, -0.1) is 0 Å². The summed E-state index contributed by atoms with van der Waals surface area (Å²) >= 11 is 12.5. The molecule has 1 aromatic carbocycles. The van der Waals surface area contributed by atoms with Crippen LogP contribution in [-0.2, 0) is 23.2 Å². The van der Waals surface area contributed by atoms with E-state index < -0.39 is 12.1 Å². The largest absolute Gasteiger partial charge is 0.477 e. The summed E-state index contributed by atoms with van der Waals surface area (Å²) in [6.07, 6.45) is -0.886. The van der Waals surface area contributed by atoms with Crippen molar-refractivity contribution >= 4 is 29.2 Å². The Hall–Kier alpha value is -2.75. The van der Waals surface area contributed by atoms with E-state index in [1.807, 2.05) is 0 Å². The van der Waals surface area contributed by atoms with Crippen molar-refractivity contribution in [1.82, 2.24) is 14.9 Å². The van der Waals surface area contributed by atoms with Crippen LogP contribution in [-0.4, -0.2) is 39.2 Å². The van der Waals surface area contributed by atoms with Gasteiger partial charge in [-0.3, -0.25) is 0 Å². The average Bonchev–Trinajstić information content (AvgIpc) is 3.28. The van der Waals surface area contributed by atoms with Crippen molar-refractivity contribution in [3.05, 3.63) is 39.7 Å². The first-order valence-electron chi connectivity index (χ1n) is 8.77. The van der Waals surface area contributed by atoms with Crippen LogP contribution in [0.5, 0.6) is 17.4 Å². The van der Waals surface area contributed by atoms with Crippen LogP contribution in [0.15, 0.2) is 22.7 Å². The highest BCUT2D eigenvalue weighted by Gasteiger charge is 2.23. The van der Waals surface area contributed by atoms with Crippen LogP contribution in [0.3, 0.4) is 0 Å². The van der Waals surface area contributed by atoms with E-state index in [4.69, 9.17) is 37.2 Å². The van der Waals surface area contributed by atoms with Crippen molar-refractivity contribution in [3.63, 3.8) is 0 Å². The van der Waals surface area contributed by atoms with Crippen LogP contribution in [0.4, 0.5) is 0 Å². The highest BCUT2D eigenvalue weighted by molar-refractivity contribution is 6.36. The first-order chi connectivity index (χ1) is 14.2. The first-order valence-corrected chi connectivity index (χ1v) is 9.52. The monoisotopic (exact) mass is 455 g/mol. The van der Waals surface area contributed by atoms with Crippen molar-refractivity contribution in [2.75, 3.05) is 7.11 Å². The summed E-state index contributed by atoms with van der Waals surface area (Å²) < 4.78 is 22.8. The molecular weight excluding hydrogens is 437 g/mol. The van der Waals surface area contributed by atoms with E-state index >= 15 is 0 Å². The van der Waals surface area contributed by atoms with Gasteiger partial charge in [-0.25, -0.2) is 9.48 Å². The fraction of sp³-hybridized carbons (Fsp3) is 0.316. The molecule has 0 amide bonds. The Morgan fingerprint density at radius 1 is 1.27 bits per heavy atom. The number of ether oxygens (including phenoxy) is 3. The summed E-state index contributed by atoms with van der Waals surface area (Å²) in [5, 5.41) is 18.0. The molecule has 0 radical (unpaired) electrons. The van der Waals surface area contributed by atoms with Gasteiger partial charge in [0.25, 0.3) is 0 Å². The molecule has 0 saturated carbocycles. The SMILES string of the molecule is COC(=O)[C@H](C)Oc1cc(Oc2c(-c3cc(CO)on3)c(C)nn2C)c(Cl)cc1Cl. The van der Waals surface area contributed by atoms with E-state index in [1.54, 1.807) is 20.0 Å². The molecule has 0 saturated heterocycles. The molecule has 30 heavy (non-hydrogen) atoms. The molecule has 0 aliphatic carbocycles. The van der Waals surface area contributed by atoms with Crippen LogP contribution >= 0.6 is 23.2 Å². The smallest absolute Gasteiger partial charge is 0.346 e. The van der Waals surface area contributed by atoms with Gasteiger partial charge in [-0.1, -0.05) is 28.4 Å². The topological polar surface area (TPSA) is 109 Å². The van der Waals surface area contributed by atoms with Crippen LogP contribution in [0.25, 0.3) is 11.3 Å². The Balaban J connectivity index is 1.99. The third-order valence-electron chi connectivity index (χ3n) is 4.17. The summed E-state index contributed by atoms with van der Waals surface area (Å²) in [7, 11) is 2.96. The maximum Gasteiger partial charge on any atom is 0.346 e. The Kier molecular flexibility index (Phi) is 6.55. The number of esters is 1. The lowest BCUT2D eigenvalue weighted by Gasteiger charge is -2.16. The number of aliphatic hydroxyl groups excluding tert-OH is 1. The Labute approximate surface area is 182 Å². The van der Waals surface area contributed by atoms with E-state index in [0.717, 1.165) is 0 Å². The lowest BCUT2D eigenvalue weighted by molar-refractivity contribution is -0.147. The van der Waals surface area contributed by atoms with Crippen LogP contribution in [0.2, 0.25) is 10.0 Å². The van der Waals surface area contributed by atoms with Gasteiger partial charge in [0.1, 0.15) is 18.1 Å². The van der Waals surface area contributed by atoms with E-state index in [9.17, 15) is 9.90 Å². The molecule has 9 nitrogen and oxygen atoms in total. The molecule has 0 spiro atoms. The van der Waals surface area contributed by atoms with Gasteiger partial charge in [0.15, 0.2) is 17.6 Å². The predicted molar refractivity (Wildman–Crippen MR) is 108 cm³/mol. The van der Waals surface area contributed by atoms with Crippen molar-refractivity contribution < 1.29 is 28.6 Å². The standard InChI is InChI=1S/C19H19Cl2N3O6/c1-9-17(14-5-11(8-25)30-23-14)18(24(3)22-9)29-16-7-15(12(20)6-13(16)21)28-10(2)19(26)27-4/h5-7,10,25H,8H2,1-4H3/t10-/m0/s1. The minimum absolute atomic E-state index is 0.193. The van der Waals surface area contributed by atoms with Gasteiger partial charge < -0.3 is 23.8 Å². The maximum atomic E-state index is 11.7. The molecule has 3 rings (SSSR count). The first kappa shape index (κ1) is 21.9. The van der Waals surface area contributed by atoms with Gasteiger partial charge in [-0.05, 0) is 19.9 Å². The number of aliphatic hydroxyl groups is 1. The lowest BCUT2D eigenvalue weighted by Crippen LogP contribution is -2.25. The Morgan fingerprint density at radius 2 is 1.97 bits per heavy atom. The molecule has 0 unspecified atom stereocenters. The number of hydrogen-bond acceptors (Lipinski definition) is 8. The van der Waals surface area contributed by atoms with Gasteiger partial charge in [0, 0.05) is 19.2 Å². The molecule has 0 aliphatic heterocycles. The van der Waals surface area contributed by atoms with E-state index in [1.165, 1.54) is 30.8 Å². The number of aryl methyl sites for hydroxylation is 2. The number of halogens is 2. The lowest BCUT2D eigenvalue weighted by atomic mass is 10.2. The quantitative estimate of drug-likeness (QED) is 0.533. The summed E-state index contributed by atoms with van der Waals surface area (Å²) in [6, 6.07) is 4.51. The average molecular weight is 456 g/mol. The summed E-state index contributed by atoms with van der Waals surface area (Å²) in [5.41, 5.74) is 1.64. The predicted octanol–water partition coefficient (Wildman–Crippen LogP) is 3.92. The second-order valence-electron chi connectivity index (χ2n) is 6.32. The molecule has 2 heterocycles. The van der Waals surface area contributed by atoms with Crippen LogP contribution < -0.4 is 9.47 Å². The maximum absolute atomic E-state index is 11.7. The summed E-state index contributed by atoms with van der Waals surface area (Å²) in [4.78, 5) is 11.7. The van der Waals surface area contributed by atoms with Crippen molar-refractivity contribution in [2.24, 2.45) is 7.05 Å². The minimum Gasteiger partial charge on any atom is -0.477 e. The second kappa shape index (κ2) is 8.95. The number of nitrogens with zero attached hydrogens (tertiary/aromatic N) is 3. The Morgan fingerprint density at radius 3 is 2.60 bits per heavy atom. The molecular formula is C19H19Cl2N3O6. The van der Waals surface area contributed by atoms with Gasteiger partial charge in [0.2, 0.25) is 5.88 Å². The fourth-order valence-corrected chi connectivity index (χ4v) is 3.21. The van der Waals surface area contributed by atoms with Gasteiger partial charge in [0.05, 0.1) is 28.4 Å². The van der Waals surface area contributed by atoms with Crippen molar-refractivity contribution in [1.29, 1.82) is 0 Å². The zero-order valence-corrected chi connectivity index (χ0v) is 18.1. The number of carbonyl (C=O) groups excluding carboxylic acids is 1. The molecule has 2 aromatic heterocycles. The number of rotatable bonds is 7. The van der Waals surface area contributed by atoms with E-state index in [-0.39, 0.29) is 28.2 Å². The minimum atomic E-state index is -0.886. The summed E-state index contributed by atoms with van der Waals surface area (Å²) in [5.74, 6) is 0.498. The molecule has 11 heteroatoms. The number of benzene rings is 1. The van der Waals surface area contributed by atoms with Crippen molar-refractivity contribution in [3.8, 4) is 28.6 Å². The molecule has 0 bridgehead atoms. The van der Waals surface area contributed by atoms with Crippen molar-refractivity contribution in [2.45, 2.75) is 26.6 Å². The number of aromatic nitrogens is 3. The summed E-state index contributed by atoms with van der Waals surface area (Å²) in [6.45, 7) is 3.03. The van der Waals surface area contributed by atoms with Gasteiger partial charge >= 0.3 is 5.97 Å². The van der Waals surface area contributed by atoms with E-state index in [0.29, 0.717) is 28.6 Å². The zero-order valence-electron chi connectivity index (χ0n) is 16.6. The molecule has 1 N–H and O–H groups in total. The number of carbonyl (C=O) groups is 1. The molecule has 3 aromatic rings. The Bertz CT molecular complexity index is 1080. The molecule has 160 valence electrons.